The minimum absolute atomic E-state index is 0.697. The van der Waals surface area contributed by atoms with E-state index in [0.717, 1.165) is 19.0 Å². The molecule has 82 valence electrons. The van der Waals surface area contributed by atoms with Gasteiger partial charge in [0.05, 0.1) is 7.11 Å². The van der Waals surface area contributed by atoms with Crippen molar-refractivity contribution >= 4 is 0 Å². The van der Waals surface area contributed by atoms with E-state index in [0.29, 0.717) is 11.8 Å². The minimum atomic E-state index is 0.697. The number of hydrogen-bond acceptors (Lipinski definition) is 3. The van der Waals surface area contributed by atoms with Gasteiger partial charge in [-0.15, -0.1) is 0 Å². The van der Waals surface area contributed by atoms with Crippen LogP contribution in [0.25, 0.3) is 0 Å². The molecule has 1 aliphatic carbocycles. The molecule has 1 N–H and O–H groups in total. The predicted molar refractivity (Wildman–Crippen MR) is 60.2 cm³/mol. The molecule has 1 fully saturated rings. The highest BCUT2D eigenvalue weighted by atomic mass is 16.5. The highest BCUT2D eigenvalue weighted by Crippen LogP contribution is 2.46. The molecule has 15 heavy (non-hydrogen) atoms. The molecule has 0 spiro atoms. The van der Waals surface area contributed by atoms with E-state index in [2.05, 4.69) is 23.3 Å². The molecule has 0 saturated heterocycles. The van der Waals surface area contributed by atoms with E-state index in [1.165, 1.54) is 12.0 Å². The molecular formula is C12H18N2O. The predicted octanol–water partition coefficient (Wildman–Crippen LogP) is 1.80. The molecule has 1 aromatic rings. The zero-order valence-corrected chi connectivity index (χ0v) is 9.36. The van der Waals surface area contributed by atoms with E-state index in [-0.39, 0.29) is 0 Å². The Balaban J connectivity index is 1.89. The lowest BCUT2D eigenvalue weighted by atomic mass is 10.1. The number of nitrogens with zero attached hydrogens (tertiary/aromatic N) is 1. The number of nitrogens with one attached hydrogen (secondary N) is 1. The summed E-state index contributed by atoms with van der Waals surface area (Å²) in [6, 6.07) is 4.07. The Hall–Kier alpha value is -1.09. The third-order valence-electron chi connectivity index (χ3n) is 2.98. The molecule has 1 aromatic heterocycles. The van der Waals surface area contributed by atoms with E-state index < -0.39 is 0 Å². The SMILES string of the molecule is CCNCC1CC1c1ccc(OC)nc1. The summed E-state index contributed by atoms with van der Waals surface area (Å²) in [5.41, 5.74) is 1.35. The third-order valence-corrected chi connectivity index (χ3v) is 2.98. The van der Waals surface area contributed by atoms with Crippen LogP contribution in [0.3, 0.4) is 0 Å². The summed E-state index contributed by atoms with van der Waals surface area (Å²) in [6.07, 6.45) is 3.23. The van der Waals surface area contributed by atoms with Crippen LogP contribution in [0.2, 0.25) is 0 Å². The molecule has 0 aromatic carbocycles. The lowest BCUT2D eigenvalue weighted by Crippen LogP contribution is -2.16. The fourth-order valence-corrected chi connectivity index (χ4v) is 1.94. The molecule has 0 radical (unpaired) electrons. The zero-order chi connectivity index (χ0) is 10.7. The summed E-state index contributed by atoms with van der Waals surface area (Å²) in [5, 5.41) is 3.39. The van der Waals surface area contributed by atoms with Crippen LogP contribution in [0, 0.1) is 5.92 Å². The van der Waals surface area contributed by atoms with Crippen molar-refractivity contribution < 1.29 is 4.74 Å². The maximum atomic E-state index is 5.04. The highest BCUT2D eigenvalue weighted by molar-refractivity contribution is 5.26. The van der Waals surface area contributed by atoms with E-state index in [9.17, 15) is 0 Å². The van der Waals surface area contributed by atoms with Crippen molar-refractivity contribution in [2.75, 3.05) is 20.2 Å². The van der Waals surface area contributed by atoms with Crippen molar-refractivity contribution in [3.63, 3.8) is 0 Å². The number of aromatic nitrogens is 1. The Morgan fingerprint density at radius 3 is 3.00 bits per heavy atom. The molecule has 1 heterocycles. The van der Waals surface area contributed by atoms with E-state index in [1.807, 2.05) is 12.3 Å². The van der Waals surface area contributed by atoms with Gasteiger partial charge in [-0.3, -0.25) is 0 Å². The Morgan fingerprint density at radius 1 is 1.53 bits per heavy atom. The Bertz CT molecular complexity index is 310. The first-order valence-corrected chi connectivity index (χ1v) is 5.55. The fraction of sp³-hybridized carbons (Fsp3) is 0.583. The number of methoxy groups -OCH3 is 1. The van der Waals surface area contributed by atoms with Gasteiger partial charge in [-0.1, -0.05) is 13.0 Å². The van der Waals surface area contributed by atoms with Crippen LogP contribution in [0.1, 0.15) is 24.8 Å². The summed E-state index contributed by atoms with van der Waals surface area (Å²) in [4.78, 5) is 4.23. The van der Waals surface area contributed by atoms with Crippen LogP contribution in [0.4, 0.5) is 0 Å². The summed E-state index contributed by atoms with van der Waals surface area (Å²) < 4.78 is 5.04. The molecule has 0 amide bonds. The summed E-state index contributed by atoms with van der Waals surface area (Å²) in [6.45, 7) is 4.34. The van der Waals surface area contributed by atoms with E-state index in [4.69, 9.17) is 4.74 Å². The van der Waals surface area contributed by atoms with Gasteiger partial charge < -0.3 is 10.1 Å². The molecule has 0 bridgehead atoms. The van der Waals surface area contributed by atoms with Crippen molar-refractivity contribution in [1.29, 1.82) is 0 Å². The Kier molecular flexibility index (Phi) is 3.21. The largest absolute Gasteiger partial charge is 0.481 e. The topological polar surface area (TPSA) is 34.1 Å². The van der Waals surface area contributed by atoms with Crippen LogP contribution >= 0.6 is 0 Å². The molecule has 2 atom stereocenters. The van der Waals surface area contributed by atoms with Crippen LogP contribution in [0.5, 0.6) is 5.88 Å². The normalized spacial score (nSPS) is 23.9. The van der Waals surface area contributed by atoms with Gasteiger partial charge in [-0.05, 0) is 36.9 Å². The second-order valence-corrected chi connectivity index (χ2v) is 4.04. The molecule has 3 nitrogen and oxygen atoms in total. The molecule has 1 aliphatic rings. The van der Waals surface area contributed by atoms with Crippen molar-refractivity contribution in [1.82, 2.24) is 10.3 Å². The van der Waals surface area contributed by atoms with Crippen molar-refractivity contribution in [3.8, 4) is 5.88 Å². The van der Waals surface area contributed by atoms with Crippen LogP contribution in [-0.4, -0.2) is 25.2 Å². The Labute approximate surface area is 90.9 Å². The minimum Gasteiger partial charge on any atom is -0.481 e. The number of pyridine rings is 1. The van der Waals surface area contributed by atoms with Gasteiger partial charge in [0.2, 0.25) is 5.88 Å². The van der Waals surface area contributed by atoms with Crippen LogP contribution < -0.4 is 10.1 Å². The number of hydrogen-bond donors (Lipinski definition) is 1. The summed E-state index contributed by atoms with van der Waals surface area (Å²) in [5.74, 6) is 2.21. The average Bonchev–Trinajstić information content (AvgIpc) is 3.06. The van der Waals surface area contributed by atoms with E-state index in [1.54, 1.807) is 7.11 Å². The first kappa shape index (κ1) is 10.4. The second-order valence-electron chi connectivity index (χ2n) is 4.04. The number of ether oxygens (including phenoxy) is 1. The molecule has 1 saturated carbocycles. The van der Waals surface area contributed by atoms with Crippen LogP contribution in [-0.2, 0) is 0 Å². The van der Waals surface area contributed by atoms with Gasteiger partial charge in [-0.25, -0.2) is 4.98 Å². The Morgan fingerprint density at radius 2 is 2.40 bits per heavy atom. The van der Waals surface area contributed by atoms with Gasteiger partial charge >= 0.3 is 0 Å². The van der Waals surface area contributed by atoms with Crippen molar-refractivity contribution in [2.45, 2.75) is 19.3 Å². The van der Waals surface area contributed by atoms with Gasteiger partial charge in [-0.2, -0.15) is 0 Å². The lowest BCUT2D eigenvalue weighted by Gasteiger charge is -2.02. The monoisotopic (exact) mass is 206 g/mol. The third kappa shape index (κ3) is 2.48. The zero-order valence-electron chi connectivity index (χ0n) is 9.36. The summed E-state index contributed by atoms with van der Waals surface area (Å²) in [7, 11) is 1.65. The average molecular weight is 206 g/mol. The lowest BCUT2D eigenvalue weighted by molar-refractivity contribution is 0.397. The first-order valence-electron chi connectivity index (χ1n) is 5.55. The fourth-order valence-electron chi connectivity index (χ4n) is 1.94. The summed E-state index contributed by atoms with van der Waals surface area (Å²) >= 11 is 0. The maximum Gasteiger partial charge on any atom is 0.212 e. The molecule has 3 heteroatoms. The highest BCUT2D eigenvalue weighted by Gasteiger charge is 2.37. The van der Waals surface area contributed by atoms with Crippen molar-refractivity contribution in [3.05, 3.63) is 23.9 Å². The second kappa shape index (κ2) is 4.62. The van der Waals surface area contributed by atoms with Gasteiger partial charge in [0.1, 0.15) is 0 Å². The van der Waals surface area contributed by atoms with E-state index >= 15 is 0 Å². The standard InChI is InChI=1S/C12H18N2O/c1-3-13-7-10-6-11(10)9-4-5-12(15-2)14-8-9/h4-5,8,10-11,13H,3,6-7H2,1-2H3. The smallest absolute Gasteiger partial charge is 0.212 e. The molecule has 0 aliphatic heterocycles. The number of rotatable bonds is 5. The maximum absolute atomic E-state index is 5.04. The molecular weight excluding hydrogens is 188 g/mol. The quantitative estimate of drug-likeness (QED) is 0.797. The van der Waals surface area contributed by atoms with Gasteiger partial charge in [0, 0.05) is 12.3 Å². The van der Waals surface area contributed by atoms with Crippen molar-refractivity contribution in [2.24, 2.45) is 5.92 Å². The molecule has 2 unspecified atom stereocenters. The first-order chi connectivity index (χ1) is 7.35. The van der Waals surface area contributed by atoms with Crippen LogP contribution in [0.15, 0.2) is 18.3 Å². The van der Waals surface area contributed by atoms with Gasteiger partial charge in [0.15, 0.2) is 0 Å². The molecule has 2 rings (SSSR count). The van der Waals surface area contributed by atoms with Gasteiger partial charge in [0.25, 0.3) is 0 Å².